The lowest BCUT2D eigenvalue weighted by Crippen LogP contribution is -2.01. The minimum atomic E-state index is 0.734. The molecule has 0 aliphatic rings. The molecule has 0 fully saturated rings. The second-order valence-corrected chi connectivity index (χ2v) is 5.54. The molecule has 4 aromatic rings. The summed E-state index contributed by atoms with van der Waals surface area (Å²) in [5.74, 6) is 0.734. The van der Waals surface area contributed by atoms with Crippen molar-refractivity contribution in [2.24, 2.45) is 7.05 Å². The number of aromatic nitrogens is 5. The zero-order chi connectivity index (χ0) is 15.3. The van der Waals surface area contributed by atoms with Crippen molar-refractivity contribution >= 4 is 28.2 Å². The molecule has 1 aromatic carbocycles. The lowest BCUT2D eigenvalue weighted by Gasteiger charge is -2.10. The van der Waals surface area contributed by atoms with Crippen LogP contribution in [0.1, 0.15) is 11.3 Å². The van der Waals surface area contributed by atoms with E-state index in [0.717, 1.165) is 33.9 Å². The van der Waals surface area contributed by atoms with Gasteiger partial charge in [-0.25, -0.2) is 9.97 Å². The van der Waals surface area contributed by atoms with Crippen LogP contribution in [0.4, 0.5) is 11.5 Å². The highest BCUT2D eigenvalue weighted by molar-refractivity contribution is 5.85. The van der Waals surface area contributed by atoms with Gasteiger partial charge in [0.2, 0.25) is 0 Å². The maximum atomic E-state index is 4.73. The Morgan fingerprint density at radius 3 is 2.77 bits per heavy atom. The van der Waals surface area contributed by atoms with E-state index in [1.54, 1.807) is 10.9 Å². The van der Waals surface area contributed by atoms with Crippen molar-refractivity contribution in [3.05, 3.63) is 48.0 Å². The molecule has 0 saturated heterocycles. The summed E-state index contributed by atoms with van der Waals surface area (Å²) in [7, 11) is 1.89. The topological polar surface area (TPSA) is 60.0 Å². The molecule has 0 radical (unpaired) electrons. The molecule has 0 aliphatic heterocycles. The summed E-state index contributed by atoms with van der Waals surface area (Å²) in [4.78, 5) is 9.24. The van der Waals surface area contributed by atoms with Gasteiger partial charge in [0.1, 0.15) is 0 Å². The fourth-order valence-corrected chi connectivity index (χ4v) is 2.69. The number of nitrogens with one attached hydrogen (secondary N) is 1. The number of aryl methyl sites for hydroxylation is 3. The van der Waals surface area contributed by atoms with Crippen LogP contribution in [-0.2, 0) is 7.05 Å². The highest BCUT2D eigenvalue weighted by Crippen LogP contribution is 2.25. The molecular weight excluding hydrogens is 276 g/mol. The first-order valence-electron chi connectivity index (χ1n) is 7.12. The molecule has 1 N–H and O–H groups in total. The number of anilines is 2. The molecule has 3 heterocycles. The van der Waals surface area contributed by atoms with E-state index in [4.69, 9.17) is 4.98 Å². The number of fused-ring (bicyclic) bond motifs is 3. The first-order valence-corrected chi connectivity index (χ1v) is 7.12. The molecule has 0 atom stereocenters. The number of hydrogen-bond donors (Lipinski definition) is 1. The van der Waals surface area contributed by atoms with Gasteiger partial charge in [-0.3, -0.25) is 9.08 Å². The van der Waals surface area contributed by atoms with Crippen LogP contribution in [-0.4, -0.2) is 24.1 Å². The van der Waals surface area contributed by atoms with Gasteiger partial charge in [-0.15, -0.1) is 0 Å². The molecule has 0 saturated carbocycles. The maximum absolute atomic E-state index is 4.73. The van der Waals surface area contributed by atoms with Gasteiger partial charge < -0.3 is 5.32 Å². The molecular formula is C16H16N6. The highest BCUT2D eigenvalue weighted by Gasteiger charge is 2.12. The Bertz CT molecular complexity index is 995. The Balaban J connectivity index is 1.99. The number of nitrogens with zero attached hydrogens (tertiary/aromatic N) is 5. The summed E-state index contributed by atoms with van der Waals surface area (Å²) >= 11 is 0. The van der Waals surface area contributed by atoms with Gasteiger partial charge in [0, 0.05) is 25.1 Å². The van der Waals surface area contributed by atoms with Gasteiger partial charge in [0.15, 0.2) is 11.5 Å². The molecule has 110 valence electrons. The lowest BCUT2D eigenvalue weighted by atomic mass is 10.2. The SMILES string of the molecule is Cc1ccc2nc(Nc3cnn(C)c3)c3ncc(C)n3c2c1. The second-order valence-electron chi connectivity index (χ2n) is 5.54. The fourth-order valence-electron chi connectivity index (χ4n) is 2.69. The zero-order valence-corrected chi connectivity index (χ0v) is 12.7. The van der Waals surface area contributed by atoms with Gasteiger partial charge in [0.25, 0.3) is 0 Å². The van der Waals surface area contributed by atoms with E-state index in [2.05, 4.69) is 45.8 Å². The first-order chi connectivity index (χ1) is 10.6. The summed E-state index contributed by atoms with van der Waals surface area (Å²) in [6.45, 7) is 4.13. The molecule has 0 unspecified atom stereocenters. The molecule has 6 heteroatoms. The van der Waals surface area contributed by atoms with Crippen molar-refractivity contribution in [2.75, 3.05) is 5.32 Å². The third-order valence-electron chi connectivity index (χ3n) is 3.72. The minimum Gasteiger partial charge on any atom is -0.335 e. The van der Waals surface area contributed by atoms with Crippen LogP contribution in [0.25, 0.3) is 16.7 Å². The summed E-state index contributed by atoms with van der Waals surface area (Å²) in [6.07, 6.45) is 5.55. The van der Waals surface area contributed by atoms with Gasteiger partial charge in [-0.2, -0.15) is 5.10 Å². The van der Waals surface area contributed by atoms with Gasteiger partial charge >= 0.3 is 0 Å². The largest absolute Gasteiger partial charge is 0.335 e. The van der Waals surface area contributed by atoms with E-state index < -0.39 is 0 Å². The molecule has 0 bridgehead atoms. The van der Waals surface area contributed by atoms with Crippen molar-refractivity contribution in [3.8, 4) is 0 Å². The number of rotatable bonds is 2. The number of imidazole rings is 1. The van der Waals surface area contributed by atoms with Crippen LogP contribution in [0.5, 0.6) is 0 Å². The Morgan fingerprint density at radius 1 is 1.14 bits per heavy atom. The molecule has 3 aromatic heterocycles. The van der Waals surface area contributed by atoms with Gasteiger partial charge in [-0.1, -0.05) is 6.07 Å². The van der Waals surface area contributed by atoms with Crippen LogP contribution >= 0.6 is 0 Å². The molecule has 0 amide bonds. The van der Waals surface area contributed by atoms with Crippen LogP contribution in [0, 0.1) is 13.8 Å². The fraction of sp³-hybridized carbons (Fsp3) is 0.188. The Hall–Kier alpha value is -2.89. The van der Waals surface area contributed by atoms with Crippen molar-refractivity contribution in [1.29, 1.82) is 0 Å². The molecule has 0 aliphatic carbocycles. The minimum absolute atomic E-state index is 0.734. The van der Waals surface area contributed by atoms with E-state index >= 15 is 0 Å². The predicted octanol–water partition coefficient (Wildman–Crippen LogP) is 2.98. The zero-order valence-electron chi connectivity index (χ0n) is 12.7. The van der Waals surface area contributed by atoms with Crippen LogP contribution in [0.3, 0.4) is 0 Å². The van der Waals surface area contributed by atoms with Crippen molar-refractivity contribution in [1.82, 2.24) is 24.1 Å². The van der Waals surface area contributed by atoms with Crippen LogP contribution < -0.4 is 5.32 Å². The van der Waals surface area contributed by atoms with E-state index in [1.165, 1.54) is 5.56 Å². The smallest absolute Gasteiger partial charge is 0.181 e. The monoisotopic (exact) mass is 292 g/mol. The standard InChI is InChI=1S/C16H16N6/c1-10-4-5-13-14(6-10)22-11(2)7-17-16(22)15(20-13)19-12-8-18-21(3)9-12/h4-9H,1-3H3,(H,19,20). The average molecular weight is 292 g/mol. The van der Waals surface area contributed by atoms with Crippen molar-refractivity contribution in [3.63, 3.8) is 0 Å². The molecule has 0 spiro atoms. The Labute approximate surface area is 127 Å². The van der Waals surface area contributed by atoms with Crippen molar-refractivity contribution < 1.29 is 0 Å². The number of benzene rings is 1. The maximum Gasteiger partial charge on any atom is 0.181 e. The predicted molar refractivity (Wildman–Crippen MR) is 86.5 cm³/mol. The third-order valence-corrected chi connectivity index (χ3v) is 3.72. The Morgan fingerprint density at radius 2 is 2.00 bits per heavy atom. The lowest BCUT2D eigenvalue weighted by molar-refractivity contribution is 0.768. The average Bonchev–Trinajstić information content (AvgIpc) is 3.06. The van der Waals surface area contributed by atoms with E-state index in [0.29, 0.717) is 0 Å². The van der Waals surface area contributed by atoms with Crippen LogP contribution in [0.2, 0.25) is 0 Å². The Kier molecular flexibility index (Phi) is 2.66. The quantitative estimate of drug-likeness (QED) is 0.617. The summed E-state index contributed by atoms with van der Waals surface area (Å²) in [5.41, 5.74) is 6.01. The number of hydrogen-bond acceptors (Lipinski definition) is 4. The summed E-state index contributed by atoms with van der Waals surface area (Å²) < 4.78 is 3.88. The third kappa shape index (κ3) is 1.92. The summed E-state index contributed by atoms with van der Waals surface area (Å²) in [5, 5.41) is 7.48. The van der Waals surface area contributed by atoms with Crippen LogP contribution in [0.15, 0.2) is 36.8 Å². The normalized spacial score (nSPS) is 11.4. The van der Waals surface area contributed by atoms with Crippen molar-refractivity contribution in [2.45, 2.75) is 13.8 Å². The summed E-state index contributed by atoms with van der Waals surface area (Å²) in [6, 6.07) is 6.25. The van der Waals surface area contributed by atoms with E-state index in [-0.39, 0.29) is 0 Å². The second kappa shape index (κ2) is 4.56. The van der Waals surface area contributed by atoms with Gasteiger partial charge in [-0.05, 0) is 31.5 Å². The molecule has 22 heavy (non-hydrogen) atoms. The molecule has 4 rings (SSSR count). The molecule has 6 nitrogen and oxygen atoms in total. The van der Waals surface area contributed by atoms with E-state index in [1.807, 2.05) is 25.5 Å². The highest BCUT2D eigenvalue weighted by atomic mass is 15.3. The van der Waals surface area contributed by atoms with E-state index in [9.17, 15) is 0 Å². The first kappa shape index (κ1) is 12.8. The van der Waals surface area contributed by atoms with Gasteiger partial charge in [0.05, 0.1) is 22.9 Å².